The van der Waals surface area contributed by atoms with Crippen LogP contribution in [0, 0.1) is 13.8 Å². The van der Waals surface area contributed by atoms with E-state index in [9.17, 15) is 0 Å². The van der Waals surface area contributed by atoms with Gasteiger partial charge >= 0.3 is 0 Å². The molecule has 0 spiro atoms. The smallest absolute Gasteiger partial charge is 0.0156 e. The van der Waals surface area contributed by atoms with Crippen molar-refractivity contribution in [3.8, 4) is 0 Å². The first kappa shape index (κ1) is 9.79. The van der Waals surface area contributed by atoms with Gasteiger partial charge < -0.3 is 0 Å². The van der Waals surface area contributed by atoms with Crippen molar-refractivity contribution in [2.75, 3.05) is 0 Å². The molecule has 0 aromatic heterocycles. The van der Waals surface area contributed by atoms with Crippen molar-refractivity contribution in [2.24, 2.45) is 0 Å². The highest BCUT2D eigenvalue weighted by molar-refractivity contribution is 5.68. The molecule has 0 heteroatoms. The number of allylic oxidation sites excluding steroid dienone is 1. The Bertz CT molecular complexity index is 343. The summed E-state index contributed by atoms with van der Waals surface area (Å²) in [5, 5.41) is 0. The third kappa shape index (κ3) is 1.89. The topological polar surface area (TPSA) is 0 Å². The maximum Gasteiger partial charge on any atom is -0.0156 e. The van der Waals surface area contributed by atoms with E-state index in [1.165, 1.54) is 22.3 Å². The third-order valence-corrected chi connectivity index (χ3v) is 2.37. The van der Waals surface area contributed by atoms with Crippen LogP contribution < -0.4 is 0 Å². The molecule has 0 radical (unpaired) electrons. The Kier molecular flexibility index (Phi) is 3.07. The molecule has 1 aromatic carbocycles. The maximum absolute atomic E-state index is 3.81. The van der Waals surface area contributed by atoms with E-state index in [2.05, 4.69) is 44.7 Å². The summed E-state index contributed by atoms with van der Waals surface area (Å²) in [4.78, 5) is 0. The Morgan fingerprint density at radius 1 is 1.23 bits per heavy atom. The van der Waals surface area contributed by atoms with Crippen LogP contribution in [0.25, 0.3) is 12.2 Å². The minimum Gasteiger partial charge on any atom is -0.0984 e. The lowest BCUT2D eigenvalue weighted by molar-refractivity contribution is 1.32. The standard InChI is InChI=1S/C13H16/c1-5-7-13-11(4)10(3)8-9-12(13)6-2/h5-9H,2H2,1,3-4H3/b7-5-. The van der Waals surface area contributed by atoms with Gasteiger partial charge in [-0.3, -0.25) is 0 Å². The summed E-state index contributed by atoms with van der Waals surface area (Å²) >= 11 is 0. The monoisotopic (exact) mass is 172 g/mol. The van der Waals surface area contributed by atoms with E-state index in [1.54, 1.807) is 0 Å². The third-order valence-electron chi connectivity index (χ3n) is 2.37. The first-order valence-electron chi connectivity index (χ1n) is 4.56. The Balaban J connectivity index is 3.40. The van der Waals surface area contributed by atoms with Crippen LogP contribution in [0.3, 0.4) is 0 Å². The quantitative estimate of drug-likeness (QED) is 0.633. The molecule has 1 aromatic rings. The van der Waals surface area contributed by atoms with Crippen molar-refractivity contribution in [1.82, 2.24) is 0 Å². The fourth-order valence-electron chi connectivity index (χ4n) is 1.42. The molecule has 1 rings (SSSR count). The molecule has 0 atom stereocenters. The highest BCUT2D eigenvalue weighted by Gasteiger charge is 2.01. The number of hydrogen-bond donors (Lipinski definition) is 0. The Morgan fingerprint density at radius 3 is 2.46 bits per heavy atom. The van der Waals surface area contributed by atoms with Gasteiger partial charge in [0.05, 0.1) is 0 Å². The second-order valence-electron chi connectivity index (χ2n) is 3.21. The number of hydrogen-bond acceptors (Lipinski definition) is 0. The second-order valence-corrected chi connectivity index (χ2v) is 3.21. The maximum atomic E-state index is 3.81. The van der Waals surface area contributed by atoms with Crippen LogP contribution in [-0.2, 0) is 0 Å². The first-order chi connectivity index (χ1) is 6.20. The molecule has 0 amide bonds. The van der Waals surface area contributed by atoms with E-state index in [0.717, 1.165) is 0 Å². The van der Waals surface area contributed by atoms with Gasteiger partial charge in [0.2, 0.25) is 0 Å². The molecule has 0 bridgehead atoms. The van der Waals surface area contributed by atoms with Crippen molar-refractivity contribution in [2.45, 2.75) is 20.8 Å². The molecule has 13 heavy (non-hydrogen) atoms. The fourth-order valence-corrected chi connectivity index (χ4v) is 1.42. The van der Waals surface area contributed by atoms with E-state index in [-0.39, 0.29) is 0 Å². The van der Waals surface area contributed by atoms with Gasteiger partial charge in [0, 0.05) is 0 Å². The van der Waals surface area contributed by atoms with Gasteiger partial charge in [0.25, 0.3) is 0 Å². The number of rotatable bonds is 2. The molecule has 0 heterocycles. The zero-order chi connectivity index (χ0) is 9.84. The molecule has 0 aliphatic heterocycles. The summed E-state index contributed by atoms with van der Waals surface area (Å²) in [6, 6.07) is 4.25. The summed E-state index contributed by atoms with van der Waals surface area (Å²) < 4.78 is 0. The van der Waals surface area contributed by atoms with Gasteiger partial charge in [-0.15, -0.1) is 0 Å². The van der Waals surface area contributed by atoms with Crippen molar-refractivity contribution >= 4 is 12.2 Å². The summed E-state index contributed by atoms with van der Waals surface area (Å²) in [6.07, 6.45) is 6.11. The second kappa shape index (κ2) is 4.08. The van der Waals surface area contributed by atoms with Gasteiger partial charge in [-0.05, 0) is 43.0 Å². The number of aryl methyl sites for hydroxylation is 1. The van der Waals surface area contributed by atoms with Gasteiger partial charge in [0.1, 0.15) is 0 Å². The van der Waals surface area contributed by atoms with Crippen LogP contribution in [0.1, 0.15) is 29.2 Å². The van der Waals surface area contributed by atoms with Crippen molar-refractivity contribution in [3.05, 3.63) is 47.0 Å². The molecule has 68 valence electrons. The number of benzene rings is 1. The lowest BCUT2D eigenvalue weighted by Crippen LogP contribution is -1.89. The average molecular weight is 172 g/mol. The van der Waals surface area contributed by atoms with E-state index in [1.807, 2.05) is 13.0 Å². The van der Waals surface area contributed by atoms with E-state index < -0.39 is 0 Å². The van der Waals surface area contributed by atoms with E-state index in [0.29, 0.717) is 0 Å². The SMILES string of the molecule is C=Cc1ccc(C)c(C)c1/C=C\C. The lowest BCUT2D eigenvalue weighted by atomic mass is 9.97. The molecule has 0 unspecified atom stereocenters. The summed E-state index contributed by atoms with van der Waals surface area (Å²) in [7, 11) is 0. The van der Waals surface area contributed by atoms with Crippen LogP contribution >= 0.6 is 0 Å². The minimum absolute atomic E-state index is 1.21. The fraction of sp³-hybridized carbons (Fsp3) is 0.231. The van der Waals surface area contributed by atoms with Crippen LogP contribution in [0.15, 0.2) is 24.8 Å². The molecule has 0 fully saturated rings. The Hall–Kier alpha value is -1.30. The van der Waals surface area contributed by atoms with Gasteiger partial charge in [-0.1, -0.05) is 36.9 Å². The first-order valence-corrected chi connectivity index (χ1v) is 4.56. The van der Waals surface area contributed by atoms with Crippen LogP contribution in [0.4, 0.5) is 0 Å². The molecule has 0 N–H and O–H groups in total. The van der Waals surface area contributed by atoms with Crippen LogP contribution in [0.2, 0.25) is 0 Å². The van der Waals surface area contributed by atoms with E-state index in [4.69, 9.17) is 0 Å². The van der Waals surface area contributed by atoms with Crippen molar-refractivity contribution in [3.63, 3.8) is 0 Å². The highest BCUT2D eigenvalue weighted by Crippen LogP contribution is 2.20. The van der Waals surface area contributed by atoms with Crippen LogP contribution in [-0.4, -0.2) is 0 Å². The molecule has 0 aliphatic rings. The normalized spacial score (nSPS) is 10.7. The Morgan fingerprint density at radius 2 is 1.92 bits per heavy atom. The van der Waals surface area contributed by atoms with E-state index >= 15 is 0 Å². The molecule has 0 saturated carbocycles. The predicted molar refractivity (Wildman–Crippen MR) is 60.7 cm³/mol. The summed E-state index contributed by atoms with van der Waals surface area (Å²) in [5.41, 5.74) is 5.17. The average Bonchev–Trinajstić information content (AvgIpc) is 2.14. The van der Waals surface area contributed by atoms with Crippen LogP contribution in [0.5, 0.6) is 0 Å². The molecular formula is C13H16. The minimum atomic E-state index is 1.21. The zero-order valence-corrected chi connectivity index (χ0v) is 8.59. The molecule has 0 aliphatic carbocycles. The molecule has 0 nitrogen and oxygen atoms in total. The predicted octanol–water partition coefficient (Wildman–Crippen LogP) is 3.98. The molecular weight excluding hydrogens is 156 g/mol. The highest BCUT2D eigenvalue weighted by atomic mass is 14.1. The molecule has 0 saturated heterocycles. The largest absolute Gasteiger partial charge is 0.0984 e. The van der Waals surface area contributed by atoms with Gasteiger partial charge in [0.15, 0.2) is 0 Å². The van der Waals surface area contributed by atoms with Crippen molar-refractivity contribution < 1.29 is 0 Å². The van der Waals surface area contributed by atoms with Crippen molar-refractivity contribution in [1.29, 1.82) is 0 Å². The summed E-state index contributed by atoms with van der Waals surface area (Å²) in [5.74, 6) is 0. The zero-order valence-electron chi connectivity index (χ0n) is 8.59. The summed E-state index contributed by atoms with van der Waals surface area (Å²) in [6.45, 7) is 10.1. The Labute approximate surface area is 80.6 Å². The lowest BCUT2D eigenvalue weighted by Gasteiger charge is -2.08. The van der Waals surface area contributed by atoms with Gasteiger partial charge in [-0.2, -0.15) is 0 Å². The van der Waals surface area contributed by atoms with Gasteiger partial charge in [-0.25, -0.2) is 0 Å².